The van der Waals surface area contributed by atoms with Gasteiger partial charge in [-0.05, 0) is 25.0 Å². The van der Waals surface area contributed by atoms with Crippen molar-refractivity contribution in [2.24, 2.45) is 5.73 Å². The maximum atomic E-state index is 11.9. The van der Waals surface area contributed by atoms with Crippen molar-refractivity contribution >= 4 is 18.3 Å². The van der Waals surface area contributed by atoms with Crippen molar-refractivity contribution in [1.29, 1.82) is 0 Å². The molecule has 0 aliphatic heterocycles. The summed E-state index contributed by atoms with van der Waals surface area (Å²) in [5, 5.41) is 2.84. The summed E-state index contributed by atoms with van der Waals surface area (Å²) in [7, 11) is 0. The van der Waals surface area contributed by atoms with Crippen LogP contribution in [-0.2, 0) is 11.3 Å². The van der Waals surface area contributed by atoms with Crippen molar-refractivity contribution in [3.63, 3.8) is 0 Å². The summed E-state index contributed by atoms with van der Waals surface area (Å²) in [5.74, 6) is -0.105. The van der Waals surface area contributed by atoms with Gasteiger partial charge >= 0.3 is 0 Å². The number of rotatable bonds is 6. The second-order valence-corrected chi connectivity index (χ2v) is 4.77. The standard InChI is InChI=1S/C14H21N3O2.ClH/c15-10-12-9-11(5-6-16-12)14(18)17-7-8-19-13-3-1-2-4-13;/h5-6,9,13H,1-4,7-8,10,15H2,(H,17,18);1H. The van der Waals surface area contributed by atoms with E-state index in [0.717, 1.165) is 18.5 Å². The summed E-state index contributed by atoms with van der Waals surface area (Å²) in [6.07, 6.45) is 6.82. The largest absolute Gasteiger partial charge is 0.376 e. The minimum atomic E-state index is -0.105. The molecule has 1 amide bonds. The number of hydrogen-bond donors (Lipinski definition) is 2. The van der Waals surface area contributed by atoms with Crippen molar-refractivity contribution in [3.05, 3.63) is 29.6 Å². The predicted molar refractivity (Wildman–Crippen MR) is 79.9 cm³/mol. The normalized spacial score (nSPS) is 14.8. The summed E-state index contributed by atoms with van der Waals surface area (Å²) >= 11 is 0. The Kier molecular flexibility index (Phi) is 7.51. The van der Waals surface area contributed by atoms with Gasteiger partial charge < -0.3 is 15.8 Å². The molecule has 0 atom stereocenters. The molecule has 0 unspecified atom stereocenters. The Labute approximate surface area is 125 Å². The van der Waals surface area contributed by atoms with Gasteiger partial charge in [0.25, 0.3) is 5.91 Å². The molecule has 6 heteroatoms. The van der Waals surface area contributed by atoms with E-state index in [9.17, 15) is 4.79 Å². The SMILES string of the molecule is Cl.NCc1cc(C(=O)NCCOC2CCCC2)ccn1. The minimum Gasteiger partial charge on any atom is -0.376 e. The van der Waals surface area contributed by atoms with Crippen LogP contribution in [0.3, 0.4) is 0 Å². The number of hydrogen-bond acceptors (Lipinski definition) is 4. The van der Waals surface area contributed by atoms with Gasteiger partial charge in [0.15, 0.2) is 0 Å². The highest BCUT2D eigenvalue weighted by Gasteiger charge is 2.15. The lowest BCUT2D eigenvalue weighted by Crippen LogP contribution is -2.28. The molecule has 0 saturated heterocycles. The van der Waals surface area contributed by atoms with Gasteiger partial charge in [-0.15, -0.1) is 12.4 Å². The van der Waals surface area contributed by atoms with Crippen LogP contribution >= 0.6 is 12.4 Å². The van der Waals surface area contributed by atoms with Crippen LogP contribution in [0.5, 0.6) is 0 Å². The maximum absolute atomic E-state index is 11.9. The van der Waals surface area contributed by atoms with E-state index in [-0.39, 0.29) is 18.3 Å². The predicted octanol–water partition coefficient (Wildman–Crippen LogP) is 1.65. The molecule has 1 saturated carbocycles. The maximum Gasteiger partial charge on any atom is 0.251 e. The molecule has 5 nitrogen and oxygen atoms in total. The average Bonchev–Trinajstić information content (AvgIpc) is 2.96. The topological polar surface area (TPSA) is 77.2 Å². The number of nitrogens with two attached hydrogens (primary N) is 1. The lowest BCUT2D eigenvalue weighted by molar-refractivity contribution is 0.0582. The highest BCUT2D eigenvalue weighted by molar-refractivity contribution is 5.94. The van der Waals surface area contributed by atoms with Gasteiger partial charge in [0.1, 0.15) is 0 Å². The molecule has 0 spiro atoms. The number of carbonyl (C=O) groups excluding carboxylic acids is 1. The Morgan fingerprint density at radius 1 is 1.45 bits per heavy atom. The number of ether oxygens (including phenoxy) is 1. The molecule has 1 heterocycles. The Bertz CT molecular complexity index is 423. The molecule has 1 aromatic rings. The number of carbonyl (C=O) groups is 1. The van der Waals surface area contributed by atoms with Crippen LogP contribution in [0.15, 0.2) is 18.3 Å². The van der Waals surface area contributed by atoms with Gasteiger partial charge in [-0.1, -0.05) is 12.8 Å². The van der Waals surface area contributed by atoms with Gasteiger partial charge in [-0.2, -0.15) is 0 Å². The zero-order valence-corrected chi connectivity index (χ0v) is 12.3. The van der Waals surface area contributed by atoms with Crippen LogP contribution in [-0.4, -0.2) is 30.1 Å². The monoisotopic (exact) mass is 299 g/mol. The smallest absolute Gasteiger partial charge is 0.251 e. The van der Waals surface area contributed by atoms with Crippen molar-refractivity contribution in [2.45, 2.75) is 38.3 Å². The third-order valence-electron chi connectivity index (χ3n) is 3.33. The molecule has 1 aliphatic rings. The fourth-order valence-corrected chi connectivity index (χ4v) is 2.28. The average molecular weight is 300 g/mol. The van der Waals surface area contributed by atoms with E-state index in [0.29, 0.717) is 31.4 Å². The molecule has 0 radical (unpaired) electrons. The molecule has 1 aromatic heterocycles. The molecule has 20 heavy (non-hydrogen) atoms. The summed E-state index contributed by atoms with van der Waals surface area (Å²) in [6, 6.07) is 3.40. The Morgan fingerprint density at radius 3 is 2.90 bits per heavy atom. The Balaban J connectivity index is 0.00000200. The third kappa shape index (κ3) is 5.07. The van der Waals surface area contributed by atoms with Crippen LogP contribution in [0.25, 0.3) is 0 Å². The van der Waals surface area contributed by atoms with E-state index in [1.807, 2.05) is 0 Å². The summed E-state index contributed by atoms with van der Waals surface area (Å²) in [4.78, 5) is 15.9. The molecule has 1 fully saturated rings. The quantitative estimate of drug-likeness (QED) is 0.783. The van der Waals surface area contributed by atoms with E-state index in [1.165, 1.54) is 12.8 Å². The van der Waals surface area contributed by atoms with Crippen molar-refractivity contribution < 1.29 is 9.53 Å². The van der Waals surface area contributed by atoms with E-state index in [2.05, 4.69) is 10.3 Å². The van der Waals surface area contributed by atoms with Crippen LogP contribution in [0.2, 0.25) is 0 Å². The number of aromatic nitrogens is 1. The molecule has 0 bridgehead atoms. The Hall–Kier alpha value is -1.17. The molecule has 0 aromatic carbocycles. The van der Waals surface area contributed by atoms with Crippen LogP contribution in [0.4, 0.5) is 0 Å². The molecular weight excluding hydrogens is 278 g/mol. The van der Waals surface area contributed by atoms with Gasteiger partial charge in [0.2, 0.25) is 0 Å². The Morgan fingerprint density at radius 2 is 2.20 bits per heavy atom. The molecule has 3 N–H and O–H groups in total. The second kappa shape index (κ2) is 8.89. The molecule has 112 valence electrons. The van der Waals surface area contributed by atoms with Crippen molar-refractivity contribution in [3.8, 4) is 0 Å². The molecule has 1 aliphatic carbocycles. The van der Waals surface area contributed by atoms with Gasteiger partial charge in [-0.25, -0.2) is 0 Å². The first-order valence-corrected chi connectivity index (χ1v) is 6.84. The van der Waals surface area contributed by atoms with E-state index in [1.54, 1.807) is 18.3 Å². The van der Waals surface area contributed by atoms with Gasteiger partial charge in [0, 0.05) is 24.8 Å². The minimum absolute atomic E-state index is 0. The second-order valence-electron chi connectivity index (χ2n) is 4.77. The number of pyridine rings is 1. The zero-order valence-electron chi connectivity index (χ0n) is 11.5. The fourth-order valence-electron chi connectivity index (χ4n) is 2.28. The van der Waals surface area contributed by atoms with E-state index < -0.39 is 0 Å². The first-order valence-electron chi connectivity index (χ1n) is 6.84. The highest BCUT2D eigenvalue weighted by atomic mass is 35.5. The summed E-state index contributed by atoms with van der Waals surface area (Å²) in [5.41, 5.74) is 6.81. The lowest BCUT2D eigenvalue weighted by Gasteiger charge is -2.11. The van der Waals surface area contributed by atoms with Gasteiger partial charge in [0.05, 0.1) is 18.4 Å². The number of nitrogens with one attached hydrogen (secondary N) is 1. The summed E-state index contributed by atoms with van der Waals surface area (Å²) < 4.78 is 5.69. The first-order chi connectivity index (χ1) is 9.29. The van der Waals surface area contributed by atoms with Crippen molar-refractivity contribution in [2.75, 3.05) is 13.2 Å². The highest BCUT2D eigenvalue weighted by Crippen LogP contribution is 2.20. The van der Waals surface area contributed by atoms with Crippen LogP contribution < -0.4 is 11.1 Å². The summed E-state index contributed by atoms with van der Waals surface area (Å²) in [6.45, 7) is 1.45. The van der Waals surface area contributed by atoms with Crippen molar-refractivity contribution in [1.82, 2.24) is 10.3 Å². The molecular formula is C14H22ClN3O2. The van der Waals surface area contributed by atoms with Crippen LogP contribution in [0.1, 0.15) is 41.7 Å². The number of halogens is 1. The zero-order chi connectivity index (χ0) is 13.5. The fraction of sp³-hybridized carbons (Fsp3) is 0.571. The van der Waals surface area contributed by atoms with Crippen LogP contribution in [0, 0.1) is 0 Å². The third-order valence-corrected chi connectivity index (χ3v) is 3.33. The number of amides is 1. The molecule has 2 rings (SSSR count). The lowest BCUT2D eigenvalue weighted by atomic mass is 10.2. The van der Waals surface area contributed by atoms with E-state index in [4.69, 9.17) is 10.5 Å². The number of nitrogens with zero attached hydrogens (tertiary/aromatic N) is 1. The first kappa shape index (κ1) is 16.9. The van der Waals surface area contributed by atoms with E-state index >= 15 is 0 Å². The van der Waals surface area contributed by atoms with Gasteiger partial charge in [-0.3, -0.25) is 9.78 Å².